The lowest BCUT2D eigenvalue weighted by molar-refractivity contribution is -0.146. The standard InChI is InChI=1S/C22H15F2NO3/c1-28-21(27)22(18-8-3-2-7-17(18)20(26)25-22)14-6-4-5-13(11-14)16-10-9-15(23)12-19(16)24/h2-12H,1H3,(H,25,26). The minimum atomic E-state index is -1.55. The molecule has 4 rings (SSSR count). The molecule has 0 radical (unpaired) electrons. The quantitative estimate of drug-likeness (QED) is 0.705. The van der Waals surface area contributed by atoms with Crippen molar-refractivity contribution in [2.24, 2.45) is 0 Å². The summed E-state index contributed by atoms with van der Waals surface area (Å²) in [4.78, 5) is 25.3. The highest BCUT2D eigenvalue weighted by Crippen LogP contribution is 2.39. The Morgan fingerprint density at radius 3 is 2.50 bits per heavy atom. The first-order chi connectivity index (χ1) is 13.5. The van der Waals surface area contributed by atoms with E-state index in [9.17, 15) is 18.4 Å². The lowest BCUT2D eigenvalue weighted by atomic mass is 9.82. The van der Waals surface area contributed by atoms with Crippen LogP contribution in [0, 0.1) is 11.6 Å². The zero-order valence-corrected chi connectivity index (χ0v) is 14.8. The Bertz CT molecular complexity index is 1110. The second-order valence-electron chi connectivity index (χ2n) is 6.45. The van der Waals surface area contributed by atoms with Crippen LogP contribution in [0.3, 0.4) is 0 Å². The van der Waals surface area contributed by atoms with Crippen LogP contribution in [0.5, 0.6) is 0 Å². The highest BCUT2D eigenvalue weighted by molar-refractivity contribution is 6.07. The van der Waals surface area contributed by atoms with Gasteiger partial charge in [-0.1, -0.05) is 36.4 Å². The van der Waals surface area contributed by atoms with Crippen molar-refractivity contribution in [2.45, 2.75) is 5.54 Å². The number of fused-ring (bicyclic) bond motifs is 1. The highest BCUT2D eigenvalue weighted by atomic mass is 19.1. The lowest BCUT2D eigenvalue weighted by Gasteiger charge is -2.28. The number of rotatable bonds is 3. The van der Waals surface area contributed by atoms with Gasteiger partial charge in [-0.3, -0.25) is 4.79 Å². The summed E-state index contributed by atoms with van der Waals surface area (Å²) in [6.07, 6.45) is 0. The fourth-order valence-corrected chi connectivity index (χ4v) is 3.62. The van der Waals surface area contributed by atoms with E-state index in [1.165, 1.54) is 13.2 Å². The number of methoxy groups -OCH3 is 1. The molecule has 1 amide bonds. The second-order valence-corrected chi connectivity index (χ2v) is 6.45. The van der Waals surface area contributed by atoms with E-state index >= 15 is 0 Å². The summed E-state index contributed by atoms with van der Waals surface area (Å²) < 4.78 is 32.5. The molecule has 1 aliphatic rings. The Morgan fingerprint density at radius 2 is 1.75 bits per heavy atom. The molecule has 1 N–H and O–H groups in total. The fourth-order valence-electron chi connectivity index (χ4n) is 3.62. The van der Waals surface area contributed by atoms with Gasteiger partial charge in [0.05, 0.1) is 7.11 Å². The first-order valence-electron chi connectivity index (χ1n) is 8.54. The van der Waals surface area contributed by atoms with Crippen molar-refractivity contribution in [1.82, 2.24) is 5.32 Å². The molecule has 0 spiro atoms. The Morgan fingerprint density at radius 1 is 0.964 bits per heavy atom. The highest BCUT2D eigenvalue weighted by Gasteiger charge is 2.51. The normalized spacial score (nSPS) is 17.8. The van der Waals surface area contributed by atoms with Crippen LogP contribution >= 0.6 is 0 Å². The molecule has 28 heavy (non-hydrogen) atoms. The maximum absolute atomic E-state index is 14.3. The number of hydrogen-bond donors (Lipinski definition) is 1. The van der Waals surface area contributed by atoms with Crippen LogP contribution in [0.4, 0.5) is 8.78 Å². The van der Waals surface area contributed by atoms with E-state index in [1.54, 1.807) is 48.5 Å². The molecule has 0 aliphatic carbocycles. The molecule has 0 bridgehead atoms. The van der Waals surface area contributed by atoms with Crippen LogP contribution in [0.1, 0.15) is 21.5 Å². The Balaban J connectivity index is 1.93. The molecule has 6 heteroatoms. The molecule has 3 aromatic carbocycles. The maximum Gasteiger partial charge on any atom is 0.341 e. The largest absolute Gasteiger partial charge is 0.467 e. The van der Waals surface area contributed by atoms with Crippen molar-refractivity contribution >= 4 is 11.9 Å². The van der Waals surface area contributed by atoms with E-state index in [-0.39, 0.29) is 5.56 Å². The SMILES string of the molecule is COC(=O)C1(c2cccc(-c3ccc(F)cc3F)c2)NC(=O)c2ccccc21. The van der Waals surface area contributed by atoms with Crippen LogP contribution in [-0.2, 0) is 15.1 Å². The smallest absolute Gasteiger partial charge is 0.341 e. The first kappa shape index (κ1) is 17.9. The van der Waals surface area contributed by atoms with Crippen LogP contribution in [0.2, 0.25) is 0 Å². The summed E-state index contributed by atoms with van der Waals surface area (Å²) in [6, 6.07) is 16.6. The molecule has 1 aliphatic heterocycles. The van der Waals surface area contributed by atoms with Crippen molar-refractivity contribution < 1.29 is 23.1 Å². The Labute approximate surface area is 159 Å². The third-order valence-electron chi connectivity index (χ3n) is 4.91. The van der Waals surface area contributed by atoms with E-state index in [0.717, 1.165) is 12.1 Å². The summed E-state index contributed by atoms with van der Waals surface area (Å²) in [5, 5.41) is 2.74. The van der Waals surface area contributed by atoms with E-state index in [1.807, 2.05) is 0 Å². The Hall–Kier alpha value is -3.54. The molecule has 140 valence electrons. The predicted molar refractivity (Wildman–Crippen MR) is 98.5 cm³/mol. The number of nitrogens with one attached hydrogen (secondary N) is 1. The van der Waals surface area contributed by atoms with Gasteiger partial charge < -0.3 is 10.1 Å². The Kier molecular flexibility index (Phi) is 4.19. The van der Waals surface area contributed by atoms with Gasteiger partial charge in [0.2, 0.25) is 0 Å². The van der Waals surface area contributed by atoms with Gasteiger partial charge in [-0.25, -0.2) is 13.6 Å². The number of carbonyl (C=O) groups is 2. The van der Waals surface area contributed by atoms with Crippen LogP contribution in [0.15, 0.2) is 66.7 Å². The maximum atomic E-state index is 14.3. The number of amides is 1. The summed E-state index contributed by atoms with van der Waals surface area (Å²) in [6.45, 7) is 0. The average Bonchev–Trinajstić information content (AvgIpc) is 3.01. The van der Waals surface area contributed by atoms with Gasteiger partial charge >= 0.3 is 5.97 Å². The monoisotopic (exact) mass is 379 g/mol. The molecule has 0 saturated heterocycles. The minimum absolute atomic E-state index is 0.181. The topological polar surface area (TPSA) is 55.4 Å². The van der Waals surface area contributed by atoms with Crippen molar-refractivity contribution in [1.29, 1.82) is 0 Å². The number of ether oxygens (including phenoxy) is 1. The number of halogens is 2. The zero-order chi connectivity index (χ0) is 19.9. The first-order valence-corrected chi connectivity index (χ1v) is 8.54. The predicted octanol–water partition coefficient (Wildman–Crippen LogP) is 3.79. The van der Waals surface area contributed by atoms with Gasteiger partial charge in [-0.05, 0) is 35.4 Å². The van der Waals surface area contributed by atoms with Gasteiger partial charge in [0.1, 0.15) is 11.6 Å². The molecule has 4 nitrogen and oxygen atoms in total. The van der Waals surface area contributed by atoms with E-state index in [2.05, 4.69) is 5.32 Å². The molecule has 1 heterocycles. The van der Waals surface area contributed by atoms with Crippen molar-refractivity contribution in [3.8, 4) is 11.1 Å². The van der Waals surface area contributed by atoms with Gasteiger partial charge in [-0.2, -0.15) is 0 Å². The zero-order valence-electron chi connectivity index (χ0n) is 14.8. The van der Waals surface area contributed by atoms with E-state index in [0.29, 0.717) is 22.3 Å². The lowest BCUT2D eigenvalue weighted by Crippen LogP contribution is -2.48. The molecule has 0 saturated carbocycles. The van der Waals surface area contributed by atoms with Crippen LogP contribution in [0.25, 0.3) is 11.1 Å². The van der Waals surface area contributed by atoms with Crippen molar-refractivity contribution in [3.63, 3.8) is 0 Å². The molecule has 0 aromatic heterocycles. The summed E-state index contributed by atoms with van der Waals surface area (Å²) in [7, 11) is 1.24. The molecule has 0 fully saturated rings. The molecular formula is C22H15F2NO3. The van der Waals surface area contributed by atoms with Gasteiger partial charge in [-0.15, -0.1) is 0 Å². The van der Waals surface area contributed by atoms with E-state index in [4.69, 9.17) is 4.74 Å². The molecular weight excluding hydrogens is 364 g/mol. The van der Waals surface area contributed by atoms with Crippen LogP contribution in [-0.4, -0.2) is 19.0 Å². The number of esters is 1. The molecule has 3 aromatic rings. The number of hydrogen-bond acceptors (Lipinski definition) is 3. The molecule has 1 unspecified atom stereocenters. The average molecular weight is 379 g/mol. The van der Waals surface area contributed by atoms with Crippen molar-refractivity contribution in [3.05, 3.63) is 95.1 Å². The fraction of sp³-hybridized carbons (Fsp3) is 0.0909. The number of carbonyl (C=O) groups excluding carboxylic acids is 2. The number of benzene rings is 3. The third kappa shape index (κ3) is 2.57. The molecule has 1 atom stereocenters. The van der Waals surface area contributed by atoms with Gasteiger partial charge in [0.15, 0.2) is 5.54 Å². The second kappa shape index (κ2) is 6.56. The van der Waals surface area contributed by atoms with Gasteiger partial charge in [0.25, 0.3) is 5.91 Å². The van der Waals surface area contributed by atoms with Crippen molar-refractivity contribution in [2.75, 3.05) is 7.11 Å². The summed E-state index contributed by atoms with van der Waals surface area (Å²) in [5.41, 5.74) is 0.320. The van der Waals surface area contributed by atoms with E-state index < -0.39 is 29.0 Å². The third-order valence-corrected chi connectivity index (χ3v) is 4.91. The summed E-state index contributed by atoms with van der Waals surface area (Å²) >= 11 is 0. The van der Waals surface area contributed by atoms with Gasteiger partial charge in [0, 0.05) is 22.8 Å². The van der Waals surface area contributed by atoms with Crippen LogP contribution < -0.4 is 5.32 Å². The minimum Gasteiger partial charge on any atom is -0.467 e. The summed E-state index contributed by atoms with van der Waals surface area (Å²) in [5.74, 6) is -2.47.